The Morgan fingerprint density at radius 3 is 2.24 bits per heavy atom. The van der Waals surface area contributed by atoms with Crippen LogP contribution in [0.25, 0.3) is 10.9 Å². The van der Waals surface area contributed by atoms with Crippen LogP contribution in [-0.4, -0.2) is 71.0 Å². The van der Waals surface area contributed by atoms with Crippen molar-refractivity contribution in [1.29, 1.82) is 0 Å². The number of aromatic nitrogens is 1. The van der Waals surface area contributed by atoms with Crippen LogP contribution in [0.2, 0.25) is 0 Å². The first-order valence-electron chi connectivity index (χ1n) is 16.5. The molecule has 1 fully saturated rings. The number of amides is 4. The minimum atomic E-state index is -1.02. The average molecular weight is 691 g/mol. The zero-order valence-electron chi connectivity index (χ0n) is 27.7. The fourth-order valence-electron chi connectivity index (χ4n) is 6.24. The van der Waals surface area contributed by atoms with E-state index in [1.165, 1.54) is 7.11 Å². The standard InChI is InChI=1S/C34H52BrN5O5/c1-7-8-9-10-18-27(33(43)45-6)37-32(42)29(20-25-24-16-11-12-17-26(24)36-30(25)35)38-31(41)28(19-21(2)3)39-34(44)40-22(4)14-13-15-23(40)5/h11-12,16-17,21-23,27-29,36H,7-10,13-15,18-20H2,1-6H3,(H,37,42)(H,38,41)(H,39,44)/t22-,23+,27-,28+,29-/m1/s1. The van der Waals surface area contributed by atoms with Gasteiger partial charge < -0.3 is 30.6 Å². The molecule has 11 heteroatoms. The molecular weight excluding hydrogens is 638 g/mol. The summed E-state index contributed by atoms with van der Waals surface area (Å²) in [6.45, 7) is 10.2. The smallest absolute Gasteiger partial charge is 0.328 e. The number of methoxy groups -OCH3 is 1. The zero-order chi connectivity index (χ0) is 33.1. The molecular formula is C34H52BrN5O5. The molecule has 0 spiro atoms. The van der Waals surface area contributed by atoms with Crippen molar-refractivity contribution < 1.29 is 23.9 Å². The van der Waals surface area contributed by atoms with Crippen LogP contribution in [-0.2, 0) is 25.5 Å². The van der Waals surface area contributed by atoms with Crippen molar-refractivity contribution in [3.63, 3.8) is 0 Å². The zero-order valence-corrected chi connectivity index (χ0v) is 29.3. The highest BCUT2D eigenvalue weighted by Crippen LogP contribution is 2.28. The molecule has 1 aliphatic heterocycles. The summed E-state index contributed by atoms with van der Waals surface area (Å²) in [6, 6.07) is 4.91. The van der Waals surface area contributed by atoms with Crippen LogP contribution < -0.4 is 16.0 Å². The highest BCUT2D eigenvalue weighted by Gasteiger charge is 2.34. The van der Waals surface area contributed by atoms with Crippen LogP contribution in [0, 0.1) is 5.92 Å². The molecule has 0 saturated carbocycles. The van der Waals surface area contributed by atoms with Crippen LogP contribution in [0.5, 0.6) is 0 Å². The van der Waals surface area contributed by atoms with Crippen LogP contribution >= 0.6 is 15.9 Å². The Morgan fingerprint density at radius 2 is 1.60 bits per heavy atom. The predicted octanol–water partition coefficient (Wildman–Crippen LogP) is 5.97. The fourth-order valence-corrected chi connectivity index (χ4v) is 6.83. The Balaban J connectivity index is 1.88. The lowest BCUT2D eigenvalue weighted by atomic mass is 9.97. The quantitative estimate of drug-likeness (QED) is 0.135. The number of esters is 1. The van der Waals surface area contributed by atoms with Crippen LogP contribution in [0.3, 0.4) is 0 Å². The van der Waals surface area contributed by atoms with Crippen LogP contribution in [0.4, 0.5) is 4.79 Å². The number of H-pyrrole nitrogens is 1. The van der Waals surface area contributed by atoms with Gasteiger partial charge in [0.05, 0.1) is 11.7 Å². The van der Waals surface area contributed by atoms with Gasteiger partial charge in [-0.25, -0.2) is 9.59 Å². The highest BCUT2D eigenvalue weighted by molar-refractivity contribution is 9.10. The highest BCUT2D eigenvalue weighted by atomic mass is 79.9. The Labute approximate surface area is 276 Å². The van der Waals surface area contributed by atoms with Crippen molar-refractivity contribution in [2.75, 3.05) is 7.11 Å². The number of aromatic amines is 1. The van der Waals surface area contributed by atoms with Gasteiger partial charge in [0.15, 0.2) is 0 Å². The van der Waals surface area contributed by atoms with E-state index in [9.17, 15) is 19.2 Å². The number of piperidine rings is 1. The summed E-state index contributed by atoms with van der Waals surface area (Å²) >= 11 is 3.60. The molecule has 4 amide bonds. The SMILES string of the molecule is CCCCCC[C@@H](NC(=O)[C@@H](Cc1c(Br)[nH]c2ccccc12)NC(=O)[C@H](CC(C)C)NC(=O)N1[C@H](C)CCC[C@@H]1C)C(=O)OC. The number of nitrogens with zero attached hydrogens (tertiary/aromatic N) is 1. The minimum absolute atomic E-state index is 0.0711. The topological polar surface area (TPSA) is 133 Å². The number of para-hydroxylation sites is 1. The number of unbranched alkanes of at least 4 members (excludes halogenated alkanes) is 3. The number of carbonyl (C=O) groups is 4. The van der Waals surface area contributed by atoms with E-state index >= 15 is 0 Å². The lowest BCUT2D eigenvalue weighted by Gasteiger charge is -2.39. The summed E-state index contributed by atoms with van der Waals surface area (Å²) < 4.78 is 5.72. The van der Waals surface area contributed by atoms with E-state index in [1.54, 1.807) is 0 Å². The monoisotopic (exact) mass is 689 g/mol. The van der Waals surface area contributed by atoms with E-state index in [0.717, 1.165) is 61.4 Å². The number of likely N-dealkylation sites (tertiary alicyclic amines) is 1. The first-order chi connectivity index (χ1) is 21.5. The number of benzene rings is 1. The third kappa shape index (κ3) is 10.2. The Morgan fingerprint density at radius 1 is 0.956 bits per heavy atom. The maximum Gasteiger partial charge on any atom is 0.328 e. The second kappa shape index (κ2) is 17.6. The van der Waals surface area contributed by atoms with Gasteiger partial charge in [-0.15, -0.1) is 0 Å². The van der Waals surface area contributed by atoms with E-state index in [0.29, 0.717) is 17.4 Å². The largest absolute Gasteiger partial charge is 0.467 e. The van der Waals surface area contributed by atoms with Gasteiger partial charge >= 0.3 is 12.0 Å². The molecule has 0 radical (unpaired) electrons. The summed E-state index contributed by atoms with van der Waals surface area (Å²) in [5.74, 6) is -1.34. The number of urea groups is 1. The summed E-state index contributed by atoms with van der Waals surface area (Å²) in [5.41, 5.74) is 1.71. The summed E-state index contributed by atoms with van der Waals surface area (Å²) in [7, 11) is 1.30. The molecule has 0 unspecified atom stereocenters. The lowest BCUT2D eigenvalue weighted by molar-refractivity contribution is -0.145. The van der Waals surface area contributed by atoms with E-state index < -0.39 is 35.9 Å². The number of nitrogens with one attached hydrogen (secondary N) is 4. The number of rotatable bonds is 15. The van der Waals surface area contributed by atoms with Crippen molar-refractivity contribution in [3.05, 3.63) is 34.4 Å². The van der Waals surface area contributed by atoms with Crippen molar-refractivity contribution >= 4 is 50.6 Å². The average Bonchev–Trinajstić information content (AvgIpc) is 3.31. The summed E-state index contributed by atoms with van der Waals surface area (Å²) in [6.07, 6.45) is 7.68. The van der Waals surface area contributed by atoms with Gasteiger partial charge in [0.25, 0.3) is 0 Å². The van der Waals surface area contributed by atoms with Gasteiger partial charge in [-0.2, -0.15) is 0 Å². The number of ether oxygens (including phenoxy) is 1. The molecule has 1 saturated heterocycles. The van der Waals surface area contributed by atoms with E-state index in [4.69, 9.17) is 4.74 Å². The third-order valence-electron chi connectivity index (χ3n) is 8.70. The first kappa shape index (κ1) is 36.4. The Kier molecular flexibility index (Phi) is 14.2. The van der Waals surface area contributed by atoms with Gasteiger partial charge in [0.1, 0.15) is 18.1 Å². The molecule has 1 aliphatic rings. The number of fused-ring (bicyclic) bond motifs is 1. The molecule has 2 aromatic rings. The van der Waals surface area contributed by atoms with Crippen LogP contribution in [0.1, 0.15) is 98.0 Å². The minimum Gasteiger partial charge on any atom is -0.467 e. The molecule has 45 heavy (non-hydrogen) atoms. The second-order valence-corrected chi connectivity index (χ2v) is 13.6. The molecule has 1 aromatic heterocycles. The normalized spacial score (nSPS) is 18.7. The Hall–Kier alpha value is -3.08. The van der Waals surface area contributed by atoms with E-state index in [-0.39, 0.29) is 30.5 Å². The van der Waals surface area contributed by atoms with Gasteiger partial charge in [-0.3, -0.25) is 9.59 Å². The van der Waals surface area contributed by atoms with Crippen LogP contribution in [0.15, 0.2) is 28.9 Å². The summed E-state index contributed by atoms with van der Waals surface area (Å²) in [4.78, 5) is 59.1. The number of hydrogen-bond donors (Lipinski definition) is 4. The van der Waals surface area contributed by atoms with Gasteiger partial charge in [0.2, 0.25) is 11.8 Å². The first-order valence-corrected chi connectivity index (χ1v) is 17.3. The molecule has 1 aromatic carbocycles. The van der Waals surface area contributed by atoms with E-state index in [2.05, 4.69) is 43.8 Å². The van der Waals surface area contributed by atoms with E-state index in [1.807, 2.05) is 56.9 Å². The van der Waals surface area contributed by atoms with Crippen molar-refractivity contribution in [2.45, 2.75) is 129 Å². The number of carbonyl (C=O) groups excluding carboxylic acids is 4. The van der Waals surface area contributed by atoms with Crippen molar-refractivity contribution in [2.24, 2.45) is 5.92 Å². The van der Waals surface area contributed by atoms with Gasteiger partial charge in [-0.05, 0) is 79.4 Å². The molecule has 3 rings (SSSR count). The second-order valence-electron chi connectivity index (χ2n) is 12.8. The van der Waals surface area contributed by atoms with Crippen molar-refractivity contribution in [3.8, 4) is 0 Å². The molecule has 5 atom stereocenters. The molecule has 4 N–H and O–H groups in total. The van der Waals surface area contributed by atoms with Gasteiger partial charge in [0, 0.05) is 29.4 Å². The summed E-state index contributed by atoms with van der Waals surface area (Å²) in [5, 5.41) is 9.72. The lowest BCUT2D eigenvalue weighted by Crippen LogP contribution is -2.59. The Bertz CT molecular complexity index is 1290. The molecule has 10 nitrogen and oxygen atoms in total. The molecule has 0 bridgehead atoms. The third-order valence-corrected chi connectivity index (χ3v) is 9.38. The number of halogens is 1. The van der Waals surface area contributed by atoms with Crippen molar-refractivity contribution in [1.82, 2.24) is 25.8 Å². The molecule has 0 aliphatic carbocycles. The maximum absolute atomic E-state index is 13.9. The number of hydrogen-bond acceptors (Lipinski definition) is 5. The molecule has 250 valence electrons. The predicted molar refractivity (Wildman–Crippen MR) is 181 cm³/mol. The molecule has 2 heterocycles. The van der Waals surface area contributed by atoms with Gasteiger partial charge in [-0.1, -0.05) is 64.7 Å². The maximum atomic E-state index is 13.9. The fraction of sp³-hybridized carbons (Fsp3) is 0.647.